The minimum Gasteiger partial charge on any atom is -0.451 e. The standard InChI is InChI=1S/C21H20N4O4/c1-14-10-17(24-8-2-3-9-24)5-4-15(14)13-22-23-21(26)20-12-16-11-18(25(27)28)6-7-19(16)29-20/h4-7,10-13H,2-3,8-9H2,1H3,(H,23,26)/b22-13-. The Hall–Kier alpha value is -3.68. The van der Waals surface area contributed by atoms with E-state index in [2.05, 4.69) is 27.6 Å². The number of nitrogens with one attached hydrogen (secondary N) is 1. The first-order valence-electron chi connectivity index (χ1n) is 9.38. The molecule has 1 fully saturated rings. The van der Waals surface area contributed by atoms with Crippen LogP contribution in [0, 0.1) is 17.0 Å². The van der Waals surface area contributed by atoms with E-state index >= 15 is 0 Å². The molecular weight excluding hydrogens is 372 g/mol. The molecule has 8 nitrogen and oxygen atoms in total. The molecule has 0 radical (unpaired) electrons. The van der Waals surface area contributed by atoms with Gasteiger partial charge in [-0.15, -0.1) is 0 Å². The van der Waals surface area contributed by atoms with Crippen molar-refractivity contribution < 1.29 is 14.1 Å². The van der Waals surface area contributed by atoms with Crippen molar-refractivity contribution in [2.75, 3.05) is 18.0 Å². The summed E-state index contributed by atoms with van der Waals surface area (Å²) in [6, 6.07) is 11.8. The summed E-state index contributed by atoms with van der Waals surface area (Å²) >= 11 is 0. The van der Waals surface area contributed by atoms with E-state index in [4.69, 9.17) is 4.42 Å². The Labute approximate surface area is 167 Å². The fourth-order valence-electron chi connectivity index (χ4n) is 3.45. The summed E-state index contributed by atoms with van der Waals surface area (Å²) in [4.78, 5) is 25.0. The number of amides is 1. The van der Waals surface area contributed by atoms with E-state index in [1.54, 1.807) is 6.21 Å². The lowest BCUT2D eigenvalue weighted by molar-refractivity contribution is -0.384. The van der Waals surface area contributed by atoms with E-state index in [0.717, 1.165) is 24.2 Å². The second kappa shape index (κ2) is 7.75. The molecule has 1 aliphatic rings. The van der Waals surface area contributed by atoms with Gasteiger partial charge in [0.2, 0.25) is 0 Å². The molecular formula is C21H20N4O4. The number of nitro benzene ring substituents is 1. The number of anilines is 1. The van der Waals surface area contributed by atoms with Crippen LogP contribution in [-0.4, -0.2) is 30.1 Å². The molecule has 0 unspecified atom stereocenters. The van der Waals surface area contributed by atoms with Crippen LogP contribution in [0.25, 0.3) is 11.0 Å². The predicted molar refractivity (Wildman–Crippen MR) is 111 cm³/mol. The van der Waals surface area contributed by atoms with Crippen molar-refractivity contribution in [3.8, 4) is 0 Å². The van der Waals surface area contributed by atoms with E-state index in [-0.39, 0.29) is 11.4 Å². The zero-order chi connectivity index (χ0) is 20.4. The molecule has 1 amide bonds. The lowest BCUT2D eigenvalue weighted by atomic mass is 10.1. The van der Waals surface area contributed by atoms with Gasteiger partial charge in [0.25, 0.3) is 5.69 Å². The van der Waals surface area contributed by atoms with Crippen LogP contribution < -0.4 is 10.3 Å². The van der Waals surface area contributed by atoms with Gasteiger partial charge in [-0.1, -0.05) is 6.07 Å². The van der Waals surface area contributed by atoms with Crippen LogP contribution in [0.3, 0.4) is 0 Å². The molecule has 0 saturated carbocycles. The van der Waals surface area contributed by atoms with E-state index in [0.29, 0.717) is 11.0 Å². The number of furan rings is 1. The number of fused-ring (bicyclic) bond motifs is 1. The SMILES string of the molecule is Cc1cc(N2CCCC2)ccc1/C=N\NC(=O)c1cc2cc([N+](=O)[O-])ccc2o1. The number of nitrogens with zero attached hydrogens (tertiary/aromatic N) is 3. The van der Waals surface area contributed by atoms with Gasteiger partial charge in [0, 0.05) is 36.3 Å². The van der Waals surface area contributed by atoms with Gasteiger partial charge in [0.1, 0.15) is 5.58 Å². The van der Waals surface area contributed by atoms with Gasteiger partial charge in [0.05, 0.1) is 11.1 Å². The third-order valence-electron chi connectivity index (χ3n) is 5.03. The number of hydrogen-bond donors (Lipinski definition) is 1. The van der Waals surface area contributed by atoms with Gasteiger partial charge in [-0.05, 0) is 55.2 Å². The molecule has 8 heteroatoms. The maximum absolute atomic E-state index is 12.3. The third-order valence-corrected chi connectivity index (χ3v) is 5.03. The van der Waals surface area contributed by atoms with E-state index in [9.17, 15) is 14.9 Å². The Morgan fingerprint density at radius 2 is 2.00 bits per heavy atom. The largest absolute Gasteiger partial charge is 0.451 e. The predicted octanol–water partition coefficient (Wildman–Crippen LogP) is 4.01. The van der Waals surface area contributed by atoms with Crippen molar-refractivity contribution >= 4 is 34.5 Å². The molecule has 3 aromatic rings. The minimum atomic E-state index is -0.522. The number of hydrazone groups is 1. The summed E-state index contributed by atoms with van der Waals surface area (Å²) in [5, 5.41) is 15.4. The molecule has 148 valence electrons. The van der Waals surface area contributed by atoms with E-state index in [1.807, 2.05) is 13.0 Å². The maximum atomic E-state index is 12.3. The Morgan fingerprint density at radius 3 is 2.72 bits per heavy atom. The molecule has 0 aliphatic carbocycles. The van der Waals surface area contributed by atoms with Crippen molar-refractivity contribution in [1.82, 2.24) is 5.43 Å². The number of nitro groups is 1. The lowest BCUT2D eigenvalue weighted by Crippen LogP contribution is -2.18. The number of aryl methyl sites for hydroxylation is 1. The van der Waals surface area contributed by atoms with Crippen LogP contribution in [-0.2, 0) is 0 Å². The van der Waals surface area contributed by atoms with E-state index in [1.165, 1.54) is 42.8 Å². The van der Waals surface area contributed by atoms with Crippen LogP contribution in [0.15, 0.2) is 52.0 Å². The van der Waals surface area contributed by atoms with Crippen LogP contribution in [0.4, 0.5) is 11.4 Å². The number of hydrogen-bond acceptors (Lipinski definition) is 6. The molecule has 0 atom stereocenters. The van der Waals surface area contributed by atoms with Gasteiger partial charge >= 0.3 is 5.91 Å². The monoisotopic (exact) mass is 392 g/mol. The normalized spacial score (nSPS) is 14.0. The molecule has 2 aromatic carbocycles. The first-order valence-corrected chi connectivity index (χ1v) is 9.38. The first kappa shape index (κ1) is 18.7. The lowest BCUT2D eigenvalue weighted by Gasteiger charge is -2.18. The summed E-state index contributed by atoms with van der Waals surface area (Å²) in [6.07, 6.45) is 4.04. The Kier molecular flexibility index (Phi) is 4.99. The first-order chi connectivity index (χ1) is 14.0. The van der Waals surface area contributed by atoms with Crippen molar-refractivity contribution in [3.05, 3.63) is 69.5 Å². The van der Waals surface area contributed by atoms with Crippen LogP contribution in [0.5, 0.6) is 0 Å². The number of rotatable bonds is 5. The highest BCUT2D eigenvalue weighted by Crippen LogP contribution is 2.24. The van der Waals surface area contributed by atoms with Crippen LogP contribution >= 0.6 is 0 Å². The zero-order valence-electron chi connectivity index (χ0n) is 15.9. The number of carbonyl (C=O) groups is 1. The Balaban J connectivity index is 1.44. The average Bonchev–Trinajstić information content (AvgIpc) is 3.38. The van der Waals surface area contributed by atoms with Crippen molar-refractivity contribution in [2.24, 2.45) is 5.10 Å². The van der Waals surface area contributed by atoms with Gasteiger partial charge in [-0.3, -0.25) is 14.9 Å². The maximum Gasteiger partial charge on any atom is 0.307 e. The summed E-state index contributed by atoms with van der Waals surface area (Å²) in [6.45, 7) is 4.18. The molecule has 0 bridgehead atoms. The molecule has 1 aliphatic heterocycles. The van der Waals surface area contributed by atoms with Crippen molar-refractivity contribution in [1.29, 1.82) is 0 Å². The Morgan fingerprint density at radius 1 is 1.21 bits per heavy atom. The second-order valence-electron chi connectivity index (χ2n) is 7.02. The molecule has 1 saturated heterocycles. The fourth-order valence-corrected chi connectivity index (χ4v) is 3.45. The van der Waals surface area contributed by atoms with Crippen LogP contribution in [0.1, 0.15) is 34.5 Å². The van der Waals surface area contributed by atoms with E-state index < -0.39 is 10.8 Å². The van der Waals surface area contributed by atoms with Gasteiger partial charge in [-0.2, -0.15) is 5.10 Å². The number of non-ortho nitro benzene ring substituents is 1. The molecule has 29 heavy (non-hydrogen) atoms. The quantitative estimate of drug-likeness (QED) is 0.402. The highest BCUT2D eigenvalue weighted by atomic mass is 16.6. The smallest absolute Gasteiger partial charge is 0.307 e. The third kappa shape index (κ3) is 3.96. The average molecular weight is 392 g/mol. The summed E-state index contributed by atoms with van der Waals surface area (Å²) < 4.78 is 5.45. The number of benzene rings is 2. The van der Waals surface area contributed by atoms with Crippen molar-refractivity contribution in [3.63, 3.8) is 0 Å². The molecule has 1 N–H and O–H groups in total. The fraction of sp³-hybridized carbons (Fsp3) is 0.238. The van der Waals surface area contributed by atoms with Crippen LogP contribution in [0.2, 0.25) is 0 Å². The number of carbonyl (C=O) groups excluding carboxylic acids is 1. The summed E-state index contributed by atoms with van der Waals surface area (Å²) in [7, 11) is 0. The highest BCUT2D eigenvalue weighted by molar-refractivity contribution is 5.97. The van der Waals surface area contributed by atoms with Gasteiger partial charge < -0.3 is 9.32 Å². The summed E-state index contributed by atoms with van der Waals surface area (Å²) in [5.41, 5.74) is 5.97. The van der Waals surface area contributed by atoms with Gasteiger partial charge in [0.15, 0.2) is 5.76 Å². The zero-order valence-corrected chi connectivity index (χ0v) is 15.9. The molecule has 4 rings (SSSR count). The Bertz CT molecular complexity index is 1110. The molecule has 0 spiro atoms. The second-order valence-corrected chi connectivity index (χ2v) is 7.02. The highest BCUT2D eigenvalue weighted by Gasteiger charge is 2.15. The minimum absolute atomic E-state index is 0.0405. The summed E-state index contributed by atoms with van der Waals surface area (Å²) in [5.74, 6) is -0.481. The van der Waals surface area contributed by atoms with Crippen molar-refractivity contribution in [2.45, 2.75) is 19.8 Å². The molecule has 2 heterocycles. The van der Waals surface area contributed by atoms with Gasteiger partial charge in [-0.25, -0.2) is 5.43 Å². The topological polar surface area (TPSA) is 101 Å². The molecule has 1 aromatic heterocycles.